The fourth-order valence-corrected chi connectivity index (χ4v) is 3.95. The summed E-state index contributed by atoms with van der Waals surface area (Å²) in [4.78, 5) is 23.7. The molecule has 0 atom stereocenters. The van der Waals surface area contributed by atoms with E-state index in [1.54, 1.807) is 12.1 Å². The molecule has 3 rings (SSSR count). The van der Waals surface area contributed by atoms with E-state index in [-0.39, 0.29) is 17.4 Å². The maximum atomic E-state index is 12.3. The van der Waals surface area contributed by atoms with Gasteiger partial charge in [-0.05, 0) is 26.0 Å². The highest BCUT2D eigenvalue weighted by Crippen LogP contribution is 2.38. The third-order valence-corrected chi connectivity index (χ3v) is 5.77. The summed E-state index contributed by atoms with van der Waals surface area (Å²) in [5, 5.41) is 13.2. The molecule has 1 aromatic heterocycles. The fourth-order valence-electron chi connectivity index (χ4n) is 3.16. The largest absolute Gasteiger partial charge is 0.493 e. The van der Waals surface area contributed by atoms with Crippen LogP contribution in [0, 0.1) is 6.92 Å². The molecule has 0 radical (unpaired) electrons. The molecule has 1 N–H and O–H groups in total. The van der Waals surface area contributed by atoms with E-state index in [0.717, 1.165) is 11.4 Å². The molecule has 10 nitrogen and oxygen atoms in total. The fraction of sp³-hybridized carbons (Fsp3) is 0.292. The maximum absolute atomic E-state index is 12.3. The highest BCUT2D eigenvalue weighted by Gasteiger charge is 2.16. The number of aromatic nitrogens is 3. The smallest absolute Gasteiger partial charge is 0.308 e. The molecule has 11 heteroatoms. The Labute approximate surface area is 207 Å². The van der Waals surface area contributed by atoms with Gasteiger partial charge in [-0.2, -0.15) is 5.10 Å². The Balaban J connectivity index is 1.63. The molecule has 0 bridgehead atoms. The van der Waals surface area contributed by atoms with Crippen LogP contribution in [0.1, 0.15) is 25.0 Å². The van der Waals surface area contributed by atoms with Gasteiger partial charge in [0.1, 0.15) is 0 Å². The van der Waals surface area contributed by atoms with Crippen LogP contribution >= 0.6 is 11.8 Å². The van der Waals surface area contributed by atoms with Crippen molar-refractivity contribution in [3.63, 3.8) is 0 Å². The minimum Gasteiger partial charge on any atom is -0.493 e. The zero-order valence-corrected chi connectivity index (χ0v) is 21.0. The standard InChI is InChI=1S/C24H27N5O5S/c1-6-29-23(18-9-7-15(2)8-10-18)27-28-24(29)35-14-21(31)26-25-13-17-11-19(32-4)22(34-16(3)30)20(12-17)33-5/h7-13H,6,14H2,1-5H3,(H,26,31)/b25-13+. The first-order chi connectivity index (χ1) is 16.9. The average Bonchev–Trinajstić information content (AvgIpc) is 3.26. The number of hydrogen-bond acceptors (Lipinski definition) is 9. The van der Waals surface area contributed by atoms with Crippen molar-refractivity contribution >= 4 is 29.9 Å². The highest BCUT2D eigenvalue weighted by atomic mass is 32.2. The molecule has 0 aliphatic heterocycles. The van der Waals surface area contributed by atoms with E-state index in [9.17, 15) is 9.59 Å². The zero-order chi connectivity index (χ0) is 25.4. The summed E-state index contributed by atoms with van der Waals surface area (Å²) >= 11 is 1.28. The second-order valence-electron chi connectivity index (χ2n) is 7.35. The monoisotopic (exact) mass is 497 g/mol. The molecule has 0 fully saturated rings. The number of methoxy groups -OCH3 is 2. The molecule has 1 heterocycles. The van der Waals surface area contributed by atoms with E-state index in [1.807, 2.05) is 42.7 Å². The lowest BCUT2D eigenvalue weighted by molar-refractivity contribution is -0.132. The van der Waals surface area contributed by atoms with Crippen molar-refractivity contribution in [2.24, 2.45) is 5.10 Å². The van der Waals surface area contributed by atoms with Crippen molar-refractivity contribution < 1.29 is 23.8 Å². The summed E-state index contributed by atoms with van der Waals surface area (Å²) in [5.41, 5.74) is 5.21. The molecule has 0 spiro atoms. The number of amides is 1. The normalized spacial score (nSPS) is 10.9. The number of carbonyl (C=O) groups is 2. The molecular weight excluding hydrogens is 470 g/mol. The number of thioether (sulfide) groups is 1. The summed E-state index contributed by atoms with van der Waals surface area (Å²) in [6.07, 6.45) is 1.44. The van der Waals surface area contributed by atoms with Gasteiger partial charge in [-0.1, -0.05) is 41.6 Å². The van der Waals surface area contributed by atoms with Gasteiger partial charge >= 0.3 is 5.97 Å². The van der Waals surface area contributed by atoms with Gasteiger partial charge in [-0.15, -0.1) is 10.2 Å². The Morgan fingerprint density at radius 2 is 1.77 bits per heavy atom. The number of benzene rings is 2. The SMILES string of the molecule is CCn1c(SCC(=O)N/N=C/c2cc(OC)c(OC(C)=O)c(OC)c2)nnc1-c1ccc(C)cc1. The molecule has 0 aliphatic carbocycles. The van der Waals surface area contributed by atoms with E-state index < -0.39 is 5.97 Å². The summed E-state index contributed by atoms with van der Waals surface area (Å²) in [6, 6.07) is 11.3. The van der Waals surface area contributed by atoms with Crippen LogP contribution in [0.2, 0.25) is 0 Å². The zero-order valence-electron chi connectivity index (χ0n) is 20.2. The number of ether oxygens (including phenoxy) is 3. The summed E-state index contributed by atoms with van der Waals surface area (Å²) < 4.78 is 17.7. The van der Waals surface area contributed by atoms with Crippen molar-refractivity contribution in [2.75, 3.05) is 20.0 Å². The molecule has 1 amide bonds. The molecule has 184 valence electrons. The lowest BCUT2D eigenvalue weighted by atomic mass is 10.1. The molecular formula is C24H27N5O5S. The van der Waals surface area contributed by atoms with E-state index in [0.29, 0.717) is 28.8 Å². The molecule has 0 saturated heterocycles. The minimum atomic E-state index is -0.502. The number of rotatable bonds is 10. The summed E-state index contributed by atoms with van der Waals surface area (Å²) in [5.74, 6) is 0.833. The number of hydrogen-bond donors (Lipinski definition) is 1. The third kappa shape index (κ3) is 6.60. The van der Waals surface area contributed by atoms with Crippen molar-refractivity contribution in [1.29, 1.82) is 0 Å². The van der Waals surface area contributed by atoms with Gasteiger partial charge in [0.15, 0.2) is 22.5 Å². The van der Waals surface area contributed by atoms with Gasteiger partial charge < -0.3 is 18.8 Å². The predicted octanol–water partition coefficient (Wildman–Crippen LogP) is 3.46. The highest BCUT2D eigenvalue weighted by molar-refractivity contribution is 7.99. The van der Waals surface area contributed by atoms with Crippen LogP contribution < -0.4 is 19.6 Å². The van der Waals surface area contributed by atoms with Gasteiger partial charge in [0.25, 0.3) is 5.91 Å². The van der Waals surface area contributed by atoms with Crippen LogP contribution in [-0.4, -0.2) is 52.8 Å². The van der Waals surface area contributed by atoms with Crippen molar-refractivity contribution in [3.05, 3.63) is 47.5 Å². The van der Waals surface area contributed by atoms with Crippen molar-refractivity contribution in [1.82, 2.24) is 20.2 Å². The van der Waals surface area contributed by atoms with Gasteiger partial charge in [0, 0.05) is 24.6 Å². The Morgan fingerprint density at radius 3 is 2.34 bits per heavy atom. The van der Waals surface area contributed by atoms with Crippen molar-refractivity contribution in [2.45, 2.75) is 32.5 Å². The van der Waals surface area contributed by atoms with Gasteiger partial charge in [-0.25, -0.2) is 5.43 Å². The quantitative estimate of drug-likeness (QED) is 0.149. The molecule has 0 aliphatic rings. The molecule has 0 saturated carbocycles. The van der Waals surface area contributed by atoms with Gasteiger partial charge in [0.05, 0.1) is 26.2 Å². The third-order valence-electron chi connectivity index (χ3n) is 4.81. The van der Waals surface area contributed by atoms with E-state index >= 15 is 0 Å². The van der Waals surface area contributed by atoms with Crippen LogP contribution in [0.15, 0.2) is 46.7 Å². The Hall–Kier alpha value is -3.86. The Morgan fingerprint density at radius 1 is 1.11 bits per heavy atom. The second-order valence-corrected chi connectivity index (χ2v) is 8.29. The van der Waals surface area contributed by atoms with Gasteiger partial charge in [-0.3, -0.25) is 9.59 Å². The van der Waals surface area contributed by atoms with Crippen molar-refractivity contribution in [3.8, 4) is 28.6 Å². The number of aryl methyl sites for hydroxylation is 1. The topological polar surface area (TPSA) is 117 Å². The van der Waals surface area contributed by atoms with E-state index in [4.69, 9.17) is 14.2 Å². The molecule has 3 aromatic rings. The maximum Gasteiger partial charge on any atom is 0.308 e. The lowest BCUT2D eigenvalue weighted by Gasteiger charge is -2.13. The van der Waals surface area contributed by atoms with Crippen LogP contribution in [0.4, 0.5) is 0 Å². The predicted molar refractivity (Wildman–Crippen MR) is 133 cm³/mol. The first kappa shape index (κ1) is 25.8. The molecule has 0 unspecified atom stereocenters. The van der Waals surface area contributed by atoms with Crippen LogP contribution in [0.5, 0.6) is 17.2 Å². The number of hydrazone groups is 1. The average molecular weight is 498 g/mol. The number of esters is 1. The summed E-state index contributed by atoms with van der Waals surface area (Å²) in [7, 11) is 2.89. The van der Waals surface area contributed by atoms with Crippen LogP contribution in [-0.2, 0) is 16.1 Å². The van der Waals surface area contributed by atoms with Crippen LogP contribution in [0.3, 0.4) is 0 Å². The Kier molecular flexibility index (Phi) is 8.85. The molecule has 2 aromatic carbocycles. The van der Waals surface area contributed by atoms with Crippen LogP contribution in [0.25, 0.3) is 11.4 Å². The molecule has 35 heavy (non-hydrogen) atoms. The van der Waals surface area contributed by atoms with E-state index in [2.05, 4.69) is 20.7 Å². The second kappa shape index (κ2) is 12.0. The Bertz CT molecular complexity index is 1200. The number of nitrogens with zero attached hydrogens (tertiary/aromatic N) is 4. The van der Waals surface area contributed by atoms with E-state index in [1.165, 1.54) is 44.7 Å². The minimum absolute atomic E-state index is 0.113. The first-order valence-electron chi connectivity index (χ1n) is 10.8. The number of carbonyl (C=O) groups excluding carboxylic acids is 2. The lowest BCUT2D eigenvalue weighted by Crippen LogP contribution is -2.20. The summed E-state index contributed by atoms with van der Waals surface area (Å²) in [6.45, 7) is 5.99. The number of nitrogens with one attached hydrogen (secondary N) is 1. The van der Waals surface area contributed by atoms with Gasteiger partial charge in [0.2, 0.25) is 5.75 Å². The first-order valence-corrected chi connectivity index (χ1v) is 11.7.